The molecular weight excluding hydrogens is 350 g/mol. The van der Waals surface area contributed by atoms with Gasteiger partial charge in [-0.1, -0.05) is 41.7 Å². The van der Waals surface area contributed by atoms with Crippen LogP contribution in [0.1, 0.15) is 15.2 Å². The van der Waals surface area contributed by atoms with Crippen LogP contribution in [0.5, 0.6) is 5.75 Å². The first-order valence-corrected chi connectivity index (χ1v) is 8.71. The van der Waals surface area contributed by atoms with Crippen molar-refractivity contribution in [2.75, 3.05) is 7.11 Å². The van der Waals surface area contributed by atoms with E-state index in [2.05, 4.69) is 9.97 Å². The Morgan fingerprint density at radius 3 is 2.69 bits per heavy atom. The molecule has 0 radical (unpaired) electrons. The van der Waals surface area contributed by atoms with Crippen molar-refractivity contribution in [2.45, 2.75) is 6.92 Å². The van der Waals surface area contributed by atoms with E-state index in [1.54, 1.807) is 13.4 Å². The van der Waals surface area contributed by atoms with Crippen molar-refractivity contribution in [3.05, 3.63) is 59.2 Å². The maximum absolute atomic E-state index is 11.7. The van der Waals surface area contributed by atoms with Crippen molar-refractivity contribution >= 4 is 28.3 Å². The monoisotopic (exact) mass is 365 g/mol. The zero-order valence-electron chi connectivity index (χ0n) is 14.1. The van der Waals surface area contributed by atoms with Gasteiger partial charge in [0.15, 0.2) is 5.13 Å². The van der Waals surface area contributed by atoms with Crippen LogP contribution in [-0.4, -0.2) is 32.7 Å². The molecule has 0 bridgehead atoms. The number of benzene rings is 2. The van der Waals surface area contributed by atoms with E-state index in [1.807, 2.05) is 54.0 Å². The molecule has 4 aromatic rings. The Morgan fingerprint density at radius 2 is 2.00 bits per heavy atom. The molecule has 0 atom stereocenters. The van der Waals surface area contributed by atoms with Crippen molar-refractivity contribution in [3.8, 4) is 22.1 Å². The lowest BCUT2D eigenvalue weighted by molar-refractivity contribution is 0.0702. The van der Waals surface area contributed by atoms with Crippen LogP contribution in [0.25, 0.3) is 27.4 Å². The summed E-state index contributed by atoms with van der Waals surface area (Å²) in [6, 6.07) is 13.1. The Bertz CT molecular complexity index is 1120. The second-order valence-electron chi connectivity index (χ2n) is 5.77. The fourth-order valence-electron chi connectivity index (χ4n) is 2.86. The third kappa shape index (κ3) is 2.62. The first-order valence-electron chi connectivity index (χ1n) is 7.90. The molecule has 1 N–H and O–H groups in total. The largest absolute Gasteiger partial charge is 0.496 e. The van der Waals surface area contributed by atoms with Gasteiger partial charge >= 0.3 is 5.97 Å². The average Bonchev–Trinajstić information content (AvgIpc) is 3.25. The van der Waals surface area contributed by atoms with Gasteiger partial charge in [-0.15, -0.1) is 0 Å². The number of carboxylic acids is 1. The summed E-state index contributed by atoms with van der Waals surface area (Å²) in [4.78, 5) is 20.9. The summed E-state index contributed by atoms with van der Waals surface area (Å²) in [7, 11) is 1.62. The van der Waals surface area contributed by atoms with Gasteiger partial charge in [-0.05, 0) is 18.6 Å². The van der Waals surface area contributed by atoms with Gasteiger partial charge in [-0.2, -0.15) is 0 Å². The molecule has 0 saturated carbocycles. The number of nitrogens with zero attached hydrogens (tertiary/aromatic N) is 3. The number of carbonyl (C=O) groups is 1. The van der Waals surface area contributed by atoms with Crippen LogP contribution in [-0.2, 0) is 0 Å². The maximum atomic E-state index is 11.7. The molecule has 0 aliphatic rings. The topological polar surface area (TPSA) is 77.2 Å². The molecule has 0 aliphatic heterocycles. The Kier molecular flexibility index (Phi) is 3.93. The number of methoxy groups -OCH3 is 1. The number of hydrogen-bond acceptors (Lipinski definition) is 5. The summed E-state index contributed by atoms with van der Waals surface area (Å²) in [5.74, 6) is -0.229. The predicted molar refractivity (Wildman–Crippen MR) is 100 cm³/mol. The molecule has 0 unspecified atom stereocenters. The van der Waals surface area contributed by atoms with Crippen LogP contribution < -0.4 is 4.74 Å². The highest BCUT2D eigenvalue weighted by Gasteiger charge is 2.21. The number of aromatic nitrogens is 3. The number of thiazole rings is 1. The van der Waals surface area contributed by atoms with E-state index in [0.29, 0.717) is 10.8 Å². The van der Waals surface area contributed by atoms with E-state index in [1.165, 1.54) is 0 Å². The lowest BCUT2D eigenvalue weighted by atomic mass is 10.1. The molecule has 0 amide bonds. The number of ether oxygens (including phenoxy) is 1. The third-order valence-corrected chi connectivity index (χ3v) is 5.17. The minimum atomic E-state index is -0.991. The van der Waals surface area contributed by atoms with Gasteiger partial charge in [0.2, 0.25) is 0 Å². The van der Waals surface area contributed by atoms with E-state index in [4.69, 9.17) is 4.74 Å². The molecule has 0 saturated heterocycles. The molecule has 2 heterocycles. The van der Waals surface area contributed by atoms with E-state index >= 15 is 0 Å². The van der Waals surface area contributed by atoms with Crippen molar-refractivity contribution in [2.24, 2.45) is 0 Å². The number of carboxylic acid groups (broad SMARTS) is 1. The zero-order valence-corrected chi connectivity index (χ0v) is 14.9. The van der Waals surface area contributed by atoms with Gasteiger partial charge < -0.3 is 9.84 Å². The van der Waals surface area contributed by atoms with Crippen molar-refractivity contribution < 1.29 is 14.6 Å². The Morgan fingerprint density at radius 1 is 1.23 bits per heavy atom. The van der Waals surface area contributed by atoms with E-state index in [-0.39, 0.29) is 4.88 Å². The highest BCUT2D eigenvalue weighted by atomic mass is 32.1. The molecule has 26 heavy (non-hydrogen) atoms. The van der Waals surface area contributed by atoms with Crippen molar-refractivity contribution in [1.29, 1.82) is 0 Å². The molecule has 2 aromatic heterocycles. The number of aryl methyl sites for hydroxylation is 1. The van der Waals surface area contributed by atoms with Crippen LogP contribution in [0.15, 0.2) is 48.8 Å². The van der Waals surface area contributed by atoms with Crippen molar-refractivity contribution in [1.82, 2.24) is 14.5 Å². The third-order valence-electron chi connectivity index (χ3n) is 4.13. The second kappa shape index (κ2) is 6.27. The van der Waals surface area contributed by atoms with E-state index in [0.717, 1.165) is 39.2 Å². The molecule has 4 rings (SSSR count). The standard InChI is InChI=1S/C19H15N3O3S/c1-11-8-14-13(9-15(11)25-2)20-10-22(14)19-21-16(17(26-19)18(23)24)12-6-4-3-5-7-12/h3-10H,1-2H3,(H,23,24). The summed E-state index contributed by atoms with van der Waals surface area (Å²) >= 11 is 1.13. The van der Waals surface area contributed by atoms with E-state index in [9.17, 15) is 9.90 Å². The number of rotatable bonds is 4. The zero-order chi connectivity index (χ0) is 18.3. The van der Waals surface area contributed by atoms with Crippen LogP contribution >= 0.6 is 11.3 Å². The summed E-state index contributed by atoms with van der Waals surface area (Å²) in [6.07, 6.45) is 1.66. The number of hydrogen-bond donors (Lipinski definition) is 1. The van der Waals surface area contributed by atoms with Gasteiger partial charge in [0.1, 0.15) is 17.0 Å². The van der Waals surface area contributed by atoms with Crippen LogP contribution in [0.3, 0.4) is 0 Å². The summed E-state index contributed by atoms with van der Waals surface area (Å²) in [5.41, 5.74) is 3.83. The normalized spacial score (nSPS) is 11.0. The Hall–Kier alpha value is -3.19. The number of aromatic carboxylic acids is 1. The average molecular weight is 365 g/mol. The van der Waals surface area contributed by atoms with Gasteiger partial charge in [-0.3, -0.25) is 4.57 Å². The lowest BCUT2D eigenvalue weighted by Gasteiger charge is -2.05. The van der Waals surface area contributed by atoms with E-state index < -0.39 is 5.97 Å². The van der Waals surface area contributed by atoms with Gasteiger partial charge in [0, 0.05) is 11.6 Å². The molecule has 2 aromatic carbocycles. The molecule has 6 nitrogen and oxygen atoms in total. The maximum Gasteiger partial charge on any atom is 0.348 e. The van der Waals surface area contributed by atoms with Gasteiger partial charge in [-0.25, -0.2) is 14.8 Å². The lowest BCUT2D eigenvalue weighted by Crippen LogP contribution is -1.95. The molecule has 130 valence electrons. The van der Waals surface area contributed by atoms with Crippen LogP contribution in [0.2, 0.25) is 0 Å². The summed E-state index contributed by atoms with van der Waals surface area (Å²) in [5, 5.41) is 10.2. The fraction of sp³-hybridized carbons (Fsp3) is 0.105. The molecule has 0 fully saturated rings. The Balaban J connectivity index is 1.90. The fourth-order valence-corrected chi connectivity index (χ4v) is 3.77. The highest BCUT2D eigenvalue weighted by molar-refractivity contribution is 7.16. The SMILES string of the molecule is COc1cc2ncn(-c3nc(-c4ccccc4)c(C(=O)O)s3)c2cc1C. The number of fused-ring (bicyclic) bond motifs is 1. The predicted octanol–water partition coefficient (Wildman–Crippen LogP) is 4.16. The molecular formula is C19H15N3O3S. The first-order chi connectivity index (χ1) is 12.6. The second-order valence-corrected chi connectivity index (χ2v) is 6.75. The quantitative estimate of drug-likeness (QED) is 0.587. The van der Waals surface area contributed by atoms with Gasteiger partial charge in [0.05, 0.1) is 23.8 Å². The van der Waals surface area contributed by atoms with Gasteiger partial charge in [0.25, 0.3) is 0 Å². The first kappa shape index (κ1) is 16.3. The summed E-state index contributed by atoms with van der Waals surface area (Å²) in [6.45, 7) is 1.95. The minimum Gasteiger partial charge on any atom is -0.496 e. The molecule has 0 aliphatic carbocycles. The minimum absolute atomic E-state index is 0.207. The Labute approximate surface area is 153 Å². The van der Waals surface area contributed by atoms with Crippen LogP contribution in [0.4, 0.5) is 0 Å². The smallest absolute Gasteiger partial charge is 0.348 e. The number of imidazole rings is 1. The molecule has 7 heteroatoms. The highest BCUT2D eigenvalue weighted by Crippen LogP contribution is 2.33. The van der Waals surface area contributed by atoms with Crippen LogP contribution in [0, 0.1) is 6.92 Å². The summed E-state index contributed by atoms with van der Waals surface area (Å²) < 4.78 is 7.15. The van der Waals surface area contributed by atoms with Crippen molar-refractivity contribution in [3.63, 3.8) is 0 Å². The molecule has 0 spiro atoms.